The molecule has 12 heavy (non-hydrogen) atoms. The number of morpholine rings is 1. The van der Waals surface area contributed by atoms with E-state index in [1.165, 1.54) is 19.3 Å². The van der Waals surface area contributed by atoms with Crippen molar-refractivity contribution < 1.29 is 4.74 Å². The molecule has 2 atom stereocenters. The highest BCUT2D eigenvalue weighted by Crippen LogP contribution is 2.23. The van der Waals surface area contributed by atoms with E-state index in [-0.39, 0.29) is 0 Å². The zero-order chi connectivity index (χ0) is 8.39. The van der Waals surface area contributed by atoms with Crippen LogP contribution in [0, 0.1) is 0 Å². The first-order valence-electron chi connectivity index (χ1n) is 4.95. The third-order valence-electron chi connectivity index (χ3n) is 3.05. The minimum atomic E-state index is 0.420. The first kappa shape index (κ1) is 8.48. The van der Waals surface area contributed by atoms with E-state index in [2.05, 4.69) is 4.90 Å². The smallest absolute Gasteiger partial charge is 0.0594 e. The summed E-state index contributed by atoms with van der Waals surface area (Å²) in [6.07, 6.45) is 3.81. The third-order valence-corrected chi connectivity index (χ3v) is 3.05. The number of ether oxygens (including phenoxy) is 1. The Kier molecular flexibility index (Phi) is 2.63. The van der Waals surface area contributed by atoms with Gasteiger partial charge in [0.05, 0.1) is 13.2 Å². The van der Waals surface area contributed by atoms with Gasteiger partial charge in [-0.1, -0.05) is 6.42 Å². The van der Waals surface area contributed by atoms with Crippen LogP contribution in [0.2, 0.25) is 0 Å². The summed E-state index contributed by atoms with van der Waals surface area (Å²) in [6, 6.07) is 1.07. The Balaban J connectivity index is 1.89. The van der Waals surface area contributed by atoms with Crippen molar-refractivity contribution in [1.29, 1.82) is 0 Å². The molecule has 2 N–H and O–H groups in total. The second-order valence-electron chi connectivity index (χ2n) is 3.81. The van der Waals surface area contributed by atoms with Crippen LogP contribution >= 0.6 is 0 Å². The van der Waals surface area contributed by atoms with Gasteiger partial charge in [-0.15, -0.1) is 0 Å². The molecule has 1 saturated heterocycles. The second kappa shape index (κ2) is 3.73. The molecule has 2 rings (SSSR count). The molecule has 0 aromatic carbocycles. The summed E-state index contributed by atoms with van der Waals surface area (Å²) < 4.78 is 5.31. The lowest BCUT2D eigenvalue weighted by molar-refractivity contribution is 0.0150. The molecule has 0 aromatic heterocycles. The maximum atomic E-state index is 6.03. The summed E-state index contributed by atoms with van der Waals surface area (Å²) >= 11 is 0. The van der Waals surface area contributed by atoms with E-state index in [4.69, 9.17) is 10.5 Å². The summed E-state index contributed by atoms with van der Waals surface area (Å²) in [5.41, 5.74) is 6.03. The van der Waals surface area contributed by atoms with Crippen molar-refractivity contribution in [3.63, 3.8) is 0 Å². The molecule has 1 aliphatic heterocycles. The molecule has 2 fully saturated rings. The number of hydrogen-bond donors (Lipinski definition) is 1. The first-order valence-corrected chi connectivity index (χ1v) is 4.95. The van der Waals surface area contributed by atoms with Gasteiger partial charge in [0, 0.05) is 25.2 Å². The maximum absolute atomic E-state index is 6.03. The Hall–Kier alpha value is -0.120. The predicted molar refractivity (Wildman–Crippen MR) is 48.0 cm³/mol. The SMILES string of the molecule is N[C@@H]1CCCC1N1CCOCC1. The lowest BCUT2D eigenvalue weighted by Gasteiger charge is -2.34. The Labute approximate surface area is 73.9 Å². The number of rotatable bonds is 1. The molecule has 1 unspecified atom stereocenters. The van der Waals surface area contributed by atoms with Crippen molar-refractivity contribution in [2.45, 2.75) is 31.3 Å². The van der Waals surface area contributed by atoms with Crippen LogP contribution in [0.4, 0.5) is 0 Å². The molecular formula is C9H18N2O. The van der Waals surface area contributed by atoms with Gasteiger partial charge in [0.1, 0.15) is 0 Å². The van der Waals surface area contributed by atoms with E-state index >= 15 is 0 Å². The average molecular weight is 170 g/mol. The lowest BCUT2D eigenvalue weighted by Crippen LogP contribution is -2.49. The van der Waals surface area contributed by atoms with Crippen LogP contribution in [0.15, 0.2) is 0 Å². The highest BCUT2D eigenvalue weighted by Gasteiger charge is 2.29. The summed E-state index contributed by atoms with van der Waals surface area (Å²) in [5, 5.41) is 0. The lowest BCUT2D eigenvalue weighted by atomic mass is 10.1. The second-order valence-corrected chi connectivity index (χ2v) is 3.81. The van der Waals surface area contributed by atoms with Gasteiger partial charge < -0.3 is 10.5 Å². The summed E-state index contributed by atoms with van der Waals surface area (Å²) in [4.78, 5) is 2.50. The van der Waals surface area contributed by atoms with E-state index in [1.807, 2.05) is 0 Å². The molecule has 0 bridgehead atoms. The Morgan fingerprint density at radius 3 is 2.50 bits per heavy atom. The molecule has 3 nitrogen and oxygen atoms in total. The van der Waals surface area contributed by atoms with E-state index in [1.54, 1.807) is 0 Å². The Morgan fingerprint density at radius 1 is 1.17 bits per heavy atom. The highest BCUT2D eigenvalue weighted by molar-refractivity contribution is 4.88. The third kappa shape index (κ3) is 1.63. The van der Waals surface area contributed by atoms with Gasteiger partial charge >= 0.3 is 0 Å². The van der Waals surface area contributed by atoms with Crippen LogP contribution in [0.1, 0.15) is 19.3 Å². The van der Waals surface area contributed by atoms with Crippen molar-refractivity contribution in [3.05, 3.63) is 0 Å². The maximum Gasteiger partial charge on any atom is 0.0594 e. The van der Waals surface area contributed by atoms with Crippen molar-refractivity contribution in [1.82, 2.24) is 4.90 Å². The largest absolute Gasteiger partial charge is 0.379 e. The minimum absolute atomic E-state index is 0.420. The number of nitrogens with two attached hydrogens (primary N) is 1. The van der Waals surface area contributed by atoms with Crippen molar-refractivity contribution in [2.75, 3.05) is 26.3 Å². The summed E-state index contributed by atoms with van der Waals surface area (Å²) in [6.45, 7) is 3.95. The topological polar surface area (TPSA) is 38.5 Å². The molecule has 1 saturated carbocycles. The quantitative estimate of drug-likeness (QED) is 0.611. The summed E-state index contributed by atoms with van der Waals surface area (Å²) in [5.74, 6) is 0. The Bertz CT molecular complexity index is 145. The molecule has 1 heterocycles. The van der Waals surface area contributed by atoms with Gasteiger partial charge in [0.25, 0.3) is 0 Å². The normalized spacial score (nSPS) is 38.8. The molecule has 1 aliphatic carbocycles. The molecule has 2 aliphatic rings. The van der Waals surface area contributed by atoms with Crippen LogP contribution in [0.25, 0.3) is 0 Å². The van der Waals surface area contributed by atoms with Crippen molar-refractivity contribution >= 4 is 0 Å². The monoisotopic (exact) mass is 170 g/mol. The zero-order valence-corrected chi connectivity index (χ0v) is 7.54. The van der Waals surface area contributed by atoms with Crippen LogP contribution < -0.4 is 5.73 Å². The van der Waals surface area contributed by atoms with Crippen LogP contribution in [0.5, 0.6) is 0 Å². The van der Waals surface area contributed by atoms with Crippen LogP contribution in [-0.4, -0.2) is 43.3 Å². The van der Waals surface area contributed by atoms with Crippen LogP contribution in [0.3, 0.4) is 0 Å². The van der Waals surface area contributed by atoms with Gasteiger partial charge in [-0.3, -0.25) is 4.90 Å². The van der Waals surface area contributed by atoms with Gasteiger partial charge in [-0.2, -0.15) is 0 Å². The predicted octanol–water partition coefficient (Wildman–Crippen LogP) is 0.198. The minimum Gasteiger partial charge on any atom is -0.379 e. The highest BCUT2D eigenvalue weighted by atomic mass is 16.5. The fourth-order valence-electron chi connectivity index (χ4n) is 2.33. The average Bonchev–Trinajstić information content (AvgIpc) is 2.53. The van der Waals surface area contributed by atoms with E-state index in [0.29, 0.717) is 12.1 Å². The fraction of sp³-hybridized carbons (Fsp3) is 1.00. The van der Waals surface area contributed by atoms with E-state index < -0.39 is 0 Å². The summed E-state index contributed by atoms with van der Waals surface area (Å²) in [7, 11) is 0. The molecule has 0 radical (unpaired) electrons. The molecule has 0 amide bonds. The van der Waals surface area contributed by atoms with Crippen LogP contribution in [-0.2, 0) is 4.74 Å². The van der Waals surface area contributed by atoms with Gasteiger partial charge in [-0.05, 0) is 12.8 Å². The fourth-order valence-corrected chi connectivity index (χ4v) is 2.33. The molecule has 0 aromatic rings. The number of hydrogen-bond acceptors (Lipinski definition) is 3. The molecular weight excluding hydrogens is 152 g/mol. The standard InChI is InChI=1S/C9H18N2O/c10-8-2-1-3-9(8)11-4-6-12-7-5-11/h8-9H,1-7,10H2/t8-,9?/m1/s1. The first-order chi connectivity index (χ1) is 5.88. The van der Waals surface area contributed by atoms with Crippen molar-refractivity contribution in [2.24, 2.45) is 5.73 Å². The zero-order valence-electron chi connectivity index (χ0n) is 7.54. The molecule has 3 heteroatoms. The van der Waals surface area contributed by atoms with Crippen molar-refractivity contribution in [3.8, 4) is 0 Å². The van der Waals surface area contributed by atoms with Gasteiger partial charge in [-0.25, -0.2) is 0 Å². The molecule has 0 spiro atoms. The van der Waals surface area contributed by atoms with Gasteiger partial charge in [0.2, 0.25) is 0 Å². The number of nitrogens with zero attached hydrogens (tertiary/aromatic N) is 1. The van der Waals surface area contributed by atoms with E-state index in [9.17, 15) is 0 Å². The van der Waals surface area contributed by atoms with E-state index in [0.717, 1.165) is 26.3 Å². The molecule has 70 valence electrons. The Morgan fingerprint density at radius 2 is 1.92 bits per heavy atom. The van der Waals surface area contributed by atoms with Gasteiger partial charge in [0.15, 0.2) is 0 Å².